The molecular formula is C18H19F3N2O2. The van der Waals surface area contributed by atoms with Crippen LogP contribution in [0.2, 0.25) is 0 Å². The van der Waals surface area contributed by atoms with E-state index in [1.165, 1.54) is 17.7 Å². The predicted octanol–water partition coefficient (Wildman–Crippen LogP) is 4.47. The molecule has 0 radical (unpaired) electrons. The summed E-state index contributed by atoms with van der Waals surface area (Å²) < 4.78 is 43.3. The zero-order valence-corrected chi connectivity index (χ0v) is 13.7. The number of halogens is 3. The number of amides is 2. The molecule has 2 aromatic carbocycles. The summed E-state index contributed by atoms with van der Waals surface area (Å²) >= 11 is 0. The second-order valence-electron chi connectivity index (χ2n) is 5.31. The molecule has 0 saturated heterocycles. The Balaban J connectivity index is 1.75. The van der Waals surface area contributed by atoms with Gasteiger partial charge in [0, 0.05) is 5.69 Å². The highest BCUT2D eigenvalue weighted by molar-refractivity contribution is 5.89. The number of ether oxygens (including phenoxy) is 1. The molecule has 0 aliphatic heterocycles. The lowest BCUT2D eigenvalue weighted by atomic mass is 10.2. The Kier molecular flexibility index (Phi) is 6.27. The Morgan fingerprint density at radius 2 is 1.84 bits per heavy atom. The van der Waals surface area contributed by atoms with Gasteiger partial charge in [-0.3, -0.25) is 0 Å². The fraction of sp³-hybridized carbons (Fsp3) is 0.278. The van der Waals surface area contributed by atoms with Crippen molar-refractivity contribution >= 4 is 11.7 Å². The van der Waals surface area contributed by atoms with Gasteiger partial charge in [-0.2, -0.15) is 13.2 Å². The number of carbonyl (C=O) groups excluding carboxylic acids is 1. The molecule has 0 spiro atoms. The lowest BCUT2D eigenvalue weighted by Crippen LogP contribution is -2.32. The van der Waals surface area contributed by atoms with E-state index >= 15 is 0 Å². The van der Waals surface area contributed by atoms with E-state index in [-0.39, 0.29) is 18.8 Å². The van der Waals surface area contributed by atoms with Gasteiger partial charge in [-0.15, -0.1) is 0 Å². The molecule has 0 saturated carbocycles. The highest BCUT2D eigenvalue weighted by atomic mass is 19.4. The Morgan fingerprint density at radius 3 is 2.48 bits per heavy atom. The van der Waals surface area contributed by atoms with Gasteiger partial charge >= 0.3 is 12.2 Å². The van der Waals surface area contributed by atoms with Gasteiger partial charge < -0.3 is 15.4 Å². The molecule has 0 bridgehead atoms. The van der Waals surface area contributed by atoms with Crippen molar-refractivity contribution in [2.24, 2.45) is 0 Å². The Hall–Kier alpha value is -2.70. The smallest absolute Gasteiger partial charge is 0.416 e. The highest BCUT2D eigenvalue weighted by Gasteiger charge is 2.30. The van der Waals surface area contributed by atoms with Gasteiger partial charge in [0.1, 0.15) is 12.4 Å². The molecule has 2 amide bonds. The van der Waals surface area contributed by atoms with Crippen molar-refractivity contribution in [1.82, 2.24) is 5.32 Å². The molecule has 0 heterocycles. The molecule has 0 aliphatic carbocycles. The summed E-state index contributed by atoms with van der Waals surface area (Å²) in [7, 11) is 0. The van der Waals surface area contributed by atoms with Crippen molar-refractivity contribution in [2.45, 2.75) is 19.5 Å². The van der Waals surface area contributed by atoms with Crippen LogP contribution >= 0.6 is 0 Å². The number of urea groups is 1. The maximum atomic E-state index is 12.6. The first-order chi connectivity index (χ1) is 11.9. The van der Waals surface area contributed by atoms with E-state index in [0.717, 1.165) is 18.6 Å². The number of anilines is 1. The maximum Gasteiger partial charge on any atom is 0.416 e. The molecule has 25 heavy (non-hydrogen) atoms. The maximum absolute atomic E-state index is 12.6. The number of carbonyl (C=O) groups is 1. The third kappa shape index (κ3) is 6.02. The zero-order chi connectivity index (χ0) is 18.3. The summed E-state index contributed by atoms with van der Waals surface area (Å²) in [4.78, 5) is 11.7. The van der Waals surface area contributed by atoms with Crippen LogP contribution in [0.3, 0.4) is 0 Å². The molecule has 0 unspecified atom stereocenters. The molecule has 134 valence electrons. The van der Waals surface area contributed by atoms with E-state index in [1.54, 1.807) is 0 Å². The quantitative estimate of drug-likeness (QED) is 0.754. The molecule has 0 aliphatic rings. The van der Waals surface area contributed by atoms with Gasteiger partial charge in [0.25, 0.3) is 0 Å². The van der Waals surface area contributed by atoms with Gasteiger partial charge in [0.05, 0.1) is 12.1 Å². The monoisotopic (exact) mass is 352 g/mol. The summed E-state index contributed by atoms with van der Waals surface area (Å²) in [5.74, 6) is 0.692. The molecule has 0 fully saturated rings. The first-order valence-electron chi connectivity index (χ1n) is 7.82. The number of hydrogen-bond donors (Lipinski definition) is 2. The number of benzene rings is 2. The topological polar surface area (TPSA) is 50.4 Å². The van der Waals surface area contributed by atoms with Crippen LogP contribution in [-0.2, 0) is 12.6 Å². The van der Waals surface area contributed by atoms with Gasteiger partial charge in [-0.05, 0) is 42.3 Å². The SMILES string of the molecule is CCc1ccc(OCCNC(=O)Nc2cccc(C(F)(F)F)c2)cc1. The standard InChI is InChI=1S/C18H19F3N2O2/c1-2-13-6-8-16(9-7-13)25-11-10-22-17(24)23-15-5-3-4-14(12-15)18(19,20)21/h3-9,12H,2,10-11H2,1H3,(H2,22,23,24). The van der Waals surface area contributed by atoms with Crippen LogP contribution in [0, 0.1) is 0 Å². The van der Waals surface area contributed by atoms with Crippen molar-refractivity contribution in [3.05, 3.63) is 59.7 Å². The van der Waals surface area contributed by atoms with Gasteiger partial charge in [-0.25, -0.2) is 4.79 Å². The van der Waals surface area contributed by atoms with Crippen LogP contribution in [0.15, 0.2) is 48.5 Å². The van der Waals surface area contributed by atoms with E-state index in [2.05, 4.69) is 17.6 Å². The molecular weight excluding hydrogens is 333 g/mol. The highest BCUT2D eigenvalue weighted by Crippen LogP contribution is 2.30. The van der Waals surface area contributed by atoms with E-state index in [9.17, 15) is 18.0 Å². The summed E-state index contributed by atoms with van der Waals surface area (Å²) in [6.45, 7) is 2.53. The lowest BCUT2D eigenvalue weighted by molar-refractivity contribution is -0.137. The average Bonchev–Trinajstić information content (AvgIpc) is 2.59. The molecule has 0 atom stereocenters. The largest absolute Gasteiger partial charge is 0.492 e. The van der Waals surface area contributed by atoms with E-state index in [0.29, 0.717) is 5.75 Å². The van der Waals surface area contributed by atoms with E-state index in [1.807, 2.05) is 24.3 Å². The first-order valence-corrected chi connectivity index (χ1v) is 7.82. The number of nitrogens with one attached hydrogen (secondary N) is 2. The number of rotatable bonds is 6. The Bertz CT molecular complexity index is 700. The van der Waals surface area contributed by atoms with Gasteiger partial charge in [-0.1, -0.05) is 25.1 Å². The first kappa shape index (κ1) is 18.6. The molecule has 2 rings (SSSR count). The second kappa shape index (κ2) is 8.41. The minimum atomic E-state index is -4.45. The summed E-state index contributed by atoms with van der Waals surface area (Å²) in [6.07, 6.45) is -3.51. The zero-order valence-electron chi connectivity index (χ0n) is 13.7. The van der Waals surface area contributed by atoms with Crippen LogP contribution in [0.5, 0.6) is 5.75 Å². The van der Waals surface area contributed by atoms with Crippen LogP contribution in [-0.4, -0.2) is 19.2 Å². The van der Waals surface area contributed by atoms with Crippen LogP contribution in [0.4, 0.5) is 23.7 Å². The molecule has 2 aromatic rings. The summed E-state index contributed by atoms with van der Waals surface area (Å²) in [5, 5.41) is 4.89. The average molecular weight is 352 g/mol. The third-order valence-electron chi connectivity index (χ3n) is 3.44. The van der Waals surface area contributed by atoms with Crippen LogP contribution in [0.25, 0.3) is 0 Å². The van der Waals surface area contributed by atoms with Crippen LogP contribution in [0.1, 0.15) is 18.1 Å². The van der Waals surface area contributed by atoms with Crippen molar-refractivity contribution < 1.29 is 22.7 Å². The minimum absolute atomic E-state index is 0.0726. The number of hydrogen-bond acceptors (Lipinski definition) is 2. The Labute approximate surface area is 144 Å². The predicted molar refractivity (Wildman–Crippen MR) is 89.8 cm³/mol. The summed E-state index contributed by atoms with van der Waals surface area (Å²) in [5.41, 5.74) is 0.457. The fourth-order valence-corrected chi connectivity index (χ4v) is 2.10. The molecule has 4 nitrogen and oxygen atoms in total. The minimum Gasteiger partial charge on any atom is -0.492 e. The van der Waals surface area contributed by atoms with Crippen molar-refractivity contribution in [3.8, 4) is 5.75 Å². The van der Waals surface area contributed by atoms with Crippen LogP contribution < -0.4 is 15.4 Å². The number of aryl methyl sites for hydroxylation is 1. The Morgan fingerprint density at radius 1 is 1.12 bits per heavy atom. The summed E-state index contributed by atoms with van der Waals surface area (Å²) in [6, 6.07) is 11.5. The van der Waals surface area contributed by atoms with Crippen molar-refractivity contribution in [1.29, 1.82) is 0 Å². The van der Waals surface area contributed by atoms with E-state index in [4.69, 9.17) is 4.74 Å². The van der Waals surface area contributed by atoms with Crippen molar-refractivity contribution in [2.75, 3.05) is 18.5 Å². The van der Waals surface area contributed by atoms with Gasteiger partial charge in [0.15, 0.2) is 0 Å². The third-order valence-corrected chi connectivity index (χ3v) is 3.44. The molecule has 2 N–H and O–H groups in total. The lowest BCUT2D eigenvalue weighted by Gasteiger charge is -2.11. The fourth-order valence-electron chi connectivity index (χ4n) is 2.10. The second-order valence-corrected chi connectivity index (χ2v) is 5.31. The van der Waals surface area contributed by atoms with E-state index < -0.39 is 17.8 Å². The normalized spacial score (nSPS) is 11.0. The van der Waals surface area contributed by atoms with Gasteiger partial charge in [0.2, 0.25) is 0 Å². The molecule has 0 aromatic heterocycles. The van der Waals surface area contributed by atoms with Crippen molar-refractivity contribution in [3.63, 3.8) is 0 Å². The number of alkyl halides is 3. The molecule has 7 heteroatoms.